The van der Waals surface area contributed by atoms with Gasteiger partial charge in [0.1, 0.15) is 12.0 Å². The molecule has 1 fully saturated rings. The van der Waals surface area contributed by atoms with Crippen molar-refractivity contribution >= 4 is 38.6 Å². The van der Waals surface area contributed by atoms with E-state index in [9.17, 15) is 0 Å². The Morgan fingerprint density at radius 3 is 2.85 bits per heavy atom. The van der Waals surface area contributed by atoms with Gasteiger partial charge in [-0.05, 0) is 66.4 Å². The molecule has 0 radical (unpaired) electrons. The quantitative estimate of drug-likeness (QED) is 0.618. The summed E-state index contributed by atoms with van der Waals surface area (Å²) in [4.78, 5) is 13.5. The van der Waals surface area contributed by atoms with Crippen LogP contribution in [0.1, 0.15) is 32.4 Å². The van der Waals surface area contributed by atoms with E-state index in [0.29, 0.717) is 17.2 Å². The lowest BCUT2D eigenvalue weighted by atomic mass is 10.2. The van der Waals surface area contributed by atoms with Crippen LogP contribution in [0.15, 0.2) is 35.3 Å². The lowest BCUT2D eigenvalue weighted by Crippen LogP contribution is -2.17. The maximum absolute atomic E-state index is 5.88. The van der Waals surface area contributed by atoms with E-state index in [0.717, 1.165) is 48.5 Å². The van der Waals surface area contributed by atoms with Crippen molar-refractivity contribution < 1.29 is 9.47 Å². The summed E-state index contributed by atoms with van der Waals surface area (Å²) in [6.07, 6.45) is 4.98. The minimum Gasteiger partial charge on any atom is -0.494 e. The molecular weight excluding hydrogens is 398 g/mol. The summed E-state index contributed by atoms with van der Waals surface area (Å²) in [5.74, 6) is 1.49. The van der Waals surface area contributed by atoms with E-state index in [1.54, 1.807) is 6.33 Å². The first-order valence-electron chi connectivity index (χ1n) is 8.76. The molecule has 4 rings (SSSR count). The molecule has 1 aliphatic rings. The lowest BCUT2D eigenvalue weighted by Gasteiger charge is -2.23. The third-order valence-electron chi connectivity index (χ3n) is 4.29. The van der Waals surface area contributed by atoms with Crippen molar-refractivity contribution in [2.24, 2.45) is 0 Å². The van der Waals surface area contributed by atoms with E-state index in [4.69, 9.17) is 9.47 Å². The standard InChI is InChI=1S/C18H20BrN5O2/c1-2-25-13-8-6-12(7-9-13)21-16-15-17(23-18(19)22-16)24(11-20-15)14-5-3-4-10-26-14/h6-9,11,14H,2-5,10H2,1H3,(H,21,22,23). The Morgan fingerprint density at radius 1 is 1.27 bits per heavy atom. The molecule has 0 amide bonds. The number of hydrogen-bond acceptors (Lipinski definition) is 6. The second-order valence-electron chi connectivity index (χ2n) is 6.07. The van der Waals surface area contributed by atoms with Crippen LogP contribution >= 0.6 is 15.9 Å². The van der Waals surface area contributed by atoms with Gasteiger partial charge < -0.3 is 14.8 Å². The SMILES string of the molecule is CCOc1ccc(Nc2nc(Br)nc3c2ncn3C2CCCCO2)cc1. The van der Waals surface area contributed by atoms with Crippen LogP contribution in [0.3, 0.4) is 0 Å². The molecule has 1 saturated heterocycles. The first kappa shape index (κ1) is 17.2. The highest BCUT2D eigenvalue weighted by Gasteiger charge is 2.21. The number of aromatic nitrogens is 4. The van der Waals surface area contributed by atoms with Crippen LogP contribution in [0, 0.1) is 0 Å². The van der Waals surface area contributed by atoms with Crippen molar-refractivity contribution in [2.45, 2.75) is 32.4 Å². The van der Waals surface area contributed by atoms with Crippen LogP contribution < -0.4 is 10.1 Å². The van der Waals surface area contributed by atoms with Crippen LogP contribution in [0.5, 0.6) is 5.75 Å². The molecule has 1 unspecified atom stereocenters. The lowest BCUT2D eigenvalue weighted by molar-refractivity contribution is -0.0298. The summed E-state index contributed by atoms with van der Waals surface area (Å²) in [5, 5.41) is 3.32. The predicted molar refractivity (Wildman–Crippen MR) is 103 cm³/mol. The minimum atomic E-state index is -0.0196. The molecule has 2 aromatic heterocycles. The van der Waals surface area contributed by atoms with Gasteiger partial charge in [-0.15, -0.1) is 0 Å². The molecular formula is C18H20BrN5O2. The Labute approximate surface area is 159 Å². The Morgan fingerprint density at radius 2 is 2.12 bits per heavy atom. The zero-order valence-corrected chi connectivity index (χ0v) is 16.1. The molecule has 7 nitrogen and oxygen atoms in total. The molecule has 26 heavy (non-hydrogen) atoms. The molecule has 1 atom stereocenters. The summed E-state index contributed by atoms with van der Waals surface area (Å²) in [5.41, 5.74) is 2.38. The smallest absolute Gasteiger partial charge is 0.200 e. The molecule has 8 heteroatoms. The molecule has 0 saturated carbocycles. The number of nitrogens with zero attached hydrogens (tertiary/aromatic N) is 4. The fraction of sp³-hybridized carbons (Fsp3) is 0.389. The molecule has 1 N–H and O–H groups in total. The molecule has 0 spiro atoms. The maximum atomic E-state index is 5.88. The van der Waals surface area contributed by atoms with E-state index in [1.807, 2.05) is 35.8 Å². The highest BCUT2D eigenvalue weighted by Crippen LogP contribution is 2.30. The Balaban J connectivity index is 1.65. The fourth-order valence-electron chi connectivity index (χ4n) is 3.07. The van der Waals surface area contributed by atoms with Crippen LogP contribution in [-0.4, -0.2) is 32.7 Å². The van der Waals surface area contributed by atoms with Crippen molar-refractivity contribution in [1.82, 2.24) is 19.5 Å². The van der Waals surface area contributed by atoms with Gasteiger partial charge in [0, 0.05) is 12.3 Å². The van der Waals surface area contributed by atoms with Crippen LogP contribution in [0.4, 0.5) is 11.5 Å². The van der Waals surface area contributed by atoms with Gasteiger partial charge in [0.25, 0.3) is 0 Å². The fourth-order valence-corrected chi connectivity index (χ4v) is 3.41. The molecule has 1 aliphatic heterocycles. The molecule has 0 bridgehead atoms. The van der Waals surface area contributed by atoms with Gasteiger partial charge in [0.2, 0.25) is 4.73 Å². The molecule has 0 aliphatic carbocycles. The number of ether oxygens (including phenoxy) is 2. The first-order chi connectivity index (χ1) is 12.7. The van der Waals surface area contributed by atoms with Crippen molar-refractivity contribution in [2.75, 3.05) is 18.5 Å². The summed E-state index contributed by atoms with van der Waals surface area (Å²) in [6, 6.07) is 7.75. The molecule has 136 valence electrons. The van der Waals surface area contributed by atoms with Crippen molar-refractivity contribution in [3.8, 4) is 5.75 Å². The number of rotatable bonds is 5. The highest BCUT2D eigenvalue weighted by atomic mass is 79.9. The van der Waals surface area contributed by atoms with Crippen LogP contribution in [0.25, 0.3) is 11.2 Å². The van der Waals surface area contributed by atoms with Crippen molar-refractivity contribution in [1.29, 1.82) is 0 Å². The number of fused-ring (bicyclic) bond motifs is 1. The second-order valence-corrected chi connectivity index (χ2v) is 6.78. The third kappa shape index (κ3) is 3.52. The average molecular weight is 418 g/mol. The summed E-state index contributed by atoms with van der Waals surface area (Å²) in [6.45, 7) is 3.38. The van der Waals surface area contributed by atoms with Gasteiger partial charge >= 0.3 is 0 Å². The number of nitrogens with one attached hydrogen (secondary N) is 1. The minimum absolute atomic E-state index is 0.0196. The van der Waals surface area contributed by atoms with Gasteiger partial charge in [-0.1, -0.05) is 0 Å². The zero-order valence-electron chi connectivity index (χ0n) is 14.5. The van der Waals surface area contributed by atoms with Crippen molar-refractivity contribution in [3.63, 3.8) is 0 Å². The predicted octanol–water partition coefficient (Wildman–Crippen LogP) is 4.43. The number of halogens is 1. The summed E-state index contributed by atoms with van der Waals surface area (Å²) >= 11 is 3.41. The normalized spacial score (nSPS) is 17.4. The van der Waals surface area contributed by atoms with E-state index < -0.39 is 0 Å². The number of anilines is 2. The van der Waals surface area contributed by atoms with Gasteiger partial charge in [-0.3, -0.25) is 4.57 Å². The Bertz CT molecular complexity index is 890. The monoisotopic (exact) mass is 417 g/mol. The number of hydrogen-bond donors (Lipinski definition) is 1. The topological polar surface area (TPSA) is 74.1 Å². The molecule has 3 heterocycles. The van der Waals surface area contributed by atoms with E-state index in [2.05, 4.69) is 36.2 Å². The number of imidazole rings is 1. The van der Waals surface area contributed by atoms with Gasteiger partial charge in [0.15, 0.2) is 17.0 Å². The van der Waals surface area contributed by atoms with Gasteiger partial charge in [0.05, 0.1) is 12.9 Å². The van der Waals surface area contributed by atoms with E-state index in [1.165, 1.54) is 0 Å². The second kappa shape index (κ2) is 7.59. The summed E-state index contributed by atoms with van der Waals surface area (Å²) in [7, 11) is 0. The van der Waals surface area contributed by atoms with Crippen molar-refractivity contribution in [3.05, 3.63) is 35.3 Å². The van der Waals surface area contributed by atoms with Gasteiger partial charge in [-0.25, -0.2) is 15.0 Å². The van der Waals surface area contributed by atoms with Crippen LogP contribution in [-0.2, 0) is 4.74 Å². The first-order valence-corrected chi connectivity index (χ1v) is 9.55. The molecule has 1 aromatic carbocycles. The zero-order chi connectivity index (χ0) is 17.9. The summed E-state index contributed by atoms with van der Waals surface area (Å²) < 4.78 is 13.9. The highest BCUT2D eigenvalue weighted by molar-refractivity contribution is 9.10. The van der Waals surface area contributed by atoms with E-state index in [-0.39, 0.29) is 6.23 Å². The molecule has 3 aromatic rings. The maximum Gasteiger partial charge on any atom is 0.200 e. The average Bonchev–Trinajstić information content (AvgIpc) is 3.08. The third-order valence-corrected chi connectivity index (χ3v) is 4.64. The van der Waals surface area contributed by atoms with Gasteiger partial charge in [-0.2, -0.15) is 0 Å². The van der Waals surface area contributed by atoms with E-state index >= 15 is 0 Å². The Kier molecular flexibility index (Phi) is 5.03. The Hall–Kier alpha value is -2.19. The van der Waals surface area contributed by atoms with Crippen LogP contribution in [0.2, 0.25) is 0 Å². The number of benzene rings is 1. The largest absolute Gasteiger partial charge is 0.494 e.